The molecule has 1 aromatic rings. The molecule has 0 aliphatic carbocycles. The molecular formula is C15H26N2O6S. The van der Waals surface area contributed by atoms with Crippen molar-refractivity contribution < 1.29 is 27.5 Å². The summed E-state index contributed by atoms with van der Waals surface area (Å²) in [6.45, 7) is 2.24. The minimum absolute atomic E-state index is 0.0699. The molecule has 1 aliphatic heterocycles. The number of methoxy groups -OCH3 is 1. The molecule has 0 spiro atoms. The highest BCUT2D eigenvalue weighted by Gasteiger charge is 2.31. The molecule has 0 bridgehead atoms. The zero-order valence-electron chi connectivity index (χ0n) is 14.1. The summed E-state index contributed by atoms with van der Waals surface area (Å²) in [4.78, 5) is 0. The van der Waals surface area contributed by atoms with Gasteiger partial charge in [0.1, 0.15) is 6.61 Å². The van der Waals surface area contributed by atoms with Crippen molar-refractivity contribution in [2.45, 2.75) is 57.5 Å². The Bertz CT molecular complexity index is 603. The van der Waals surface area contributed by atoms with Gasteiger partial charge < -0.3 is 19.1 Å². The van der Waals surface area contributed by atoms with Crippen LogP contribution in [0, 0.1) is 0 Å². The maximum absolute atomic E-state index is 11.7. The number of aliphatic hydroxyl groups is 1. The number of sulfonamides is 1. The first kappa shape index (κ1) is 19.3. The Morgan fingerprint density at radius 1 is 1.46 bits per heavy atom. The first-order valence-corrected chi connectivity index (χ1v) is 9.83. The summed E-state index contributed by atoms with van der Waals surface area (Å²) in [5, 5.41) is 14.0. The average Bonchev–Trinajstić information content (AvgIpc) is 2.95. The van der Waals surface area contributed by atoms with Crippen molar-refractivity contribution in [1.82, 2.24) is 9.88 Å². The van der Waals surface area contributed by atoms with E-state index in [9.17, 15) is 13.5 Å². The molecule has 8 nitrogen and oxygen atoms in total. The summed E-state index contributed by atoms with van der Waals surface area (Å²) in [5.41, 5.74) is 0.758. The fourth-order valence-corrected chi connectivity index (χ4v) is 3.83. The van der Waals surface area contributed by atoms with Gasteiger partial charge in [0, 0.05) is 26.1 Å². The summed E-state index contributed by atoms with van der Waals surface area (Å²) in [6.07, 6.45) is 0.988. The van der Waals surface area contributed by atoms with E-state index < -0.39 is 22.2 Å². The molecule has 3 atom stereocenters. The number of aliphatic hydroxyl groups excluding tert-OH is 1. The maximum atomic E-state index is 11.7. The third kappa shape index (κ3) is 5.82. The van der Waals surface area contributed by atoms with E-state index in [0.29, 0.717) is 38.1 Å². The molecule has 0 unspecified atom stereocenters. The van der Waals surface area contributed by atoms with Gasteiger partial charge in [0.15, 0.2) is 5.76 Å². The predicted octanol–water partition coefficient (Wildman–Crippen LogP) is 0.601. The number of rotatable bonds is 9. The van der Waals surface area contributed by atoms with Crippen molar-refractivity contribution in [2.75, 3.05) is 19.4 Å². The summed E-state index contributed by atoms with van der Waals surface area (Å²) in [6, 6.07) is 1.82. The maximum Gasteiger partial charge on any atom is 0.211 e. The first-order valence-electron chi connectivity index (χ1n) is 8.17. The zero-order valence-corrected chi connectivity index (χ0v) is 14.9. The van der Waals surface area contributed by atoms with Gasteiger partial charge in [0.05, 0.1) is 29.8 Å². The standard InChI is InChI=1S/C15H26N2O6S/c1-3-6-24(19,20)16-9-15-14(18)5-4-12(22-15)7-11-8-13(10-21-2)23-17-11/h8,12,14-16,18H,3-7,9-10H2,1-2H3/t12-,14-,15+/m0/s1. The van der Waals surface area contributed by atoms with Crippen LogP contribution in [0.1, 0.15) is 37.6 Å². The largest absolute Gasteiger partial charge is 0.390 e. The predicted molar refractivity (Wildman–Crippen MR) is 86.9 cm³/mol. The molecule has 138 valence electrons. The van der Waals surface area contributed by atoms with Crippen molar-refractivity contribution in [1.29, 1.82) is 0 Å². The lowest BCUT2D eigenvalue weighted by Crippen LogP contribution is -2.46. The lowest BCUT2D eigenvalue weighted by molar-refractivity contribution is -0.113. The van der Waals surface area contributed by atoms with Gasteiger partial charge in [-0.3, -0.25) is 0 Å². The Morgan fingerprint density at radius 3 is 2.96 bits per heavy atom. The minimum Gasteiger partial charge on any atom is -0.390 e. The van der Waals surface area contributed by atoms with E-state index in [2.05, 4.69) is 9.88 Å². The SMILES string of the molecule is CCCS(=O)(=O)NC[C@H]1O[C@H](Cc2cc(COC)on2)CC[C@@H]1O. The molecule has 0 aromatic carbocycles. The van der Waals surface area contributed by atoms with Gasteiger partial charge in [0.25, 0.3) is 0 Å². The number of ether oxygens (including phenoxy) is 2. The van der Waals surface area contributed by atoms with Crippen molar-refractivity contribution in [3.05, 3.63) is 17.5 Å². The van der Waals surface area contributed by atoms with Crippen LogP contribution >= 0.6 is 0 Å². The van der Waals surface area contributed by atoms with Gasteiger partial charge in [-0.25, -0.2) is 13.1 Å². The number of aromatic nitrogens is 1. The minimum atomic E-state index is -3.32. The smallest absolute Gasteiger partial charge is 0.211 e. The van der Waals surface area contributed by atoms with Gasteiger partial charge in [-0.1, -0.05) is 12.1 Å². The van der Waals surface area contributed by atoms with E-state index >= 15 is 0 Å². The molecule has 9 heteroatoms. The Labute approximate surface area is 142 Å². The third-order valence-corrected chi connectivity index (χ3v) is 5.44. The van der Waals surface area contributed by atoms with Crippen LogP contribution < -0.4 is 4.72 Å². The highest BCUT2D eigenvalue weighted by atomic mass is 32.2. The molecule has 24 heavy (non-hydrogen) atoms. The topological polar surface area (TPSA) is 111 Å². The second kappa shape index (κ2) is 8.91. The molecule has 1 fully saturated rings. The third-order valence-electron chi connectivity index (χ3n) is 3.89. The van der Waals surface area contributed by atoms with Crippen LogP contribution in [-0.2, 0) is 32.5 Å². The lowest BCUT2D eigenvalue weighted by atomic mass is 9.98. The van der Waals surface area contributed by atoms with Crippen molar-refractivity contribution in [3.63, 3.8) is 0 Å². The number of nitrogens with zero attached hydrogens (tertiary/aromatic N) is 1. The van der Waals surface area contributed by atoms with Crippen LogP contribution in [0.2, 0.25) is 0 Å². The molecular weight excluding hydrogens is 336 g/mol. The highest BCUT2D eigenvalue weighted by Crippen LogP contribution is 2.22. The van der Waals surface area contributed by atoms with Crippen LogP contribution in [-0.4, -0.2) is 56.4 Å². The van der Waals surface area contributed by atoms with E-state index in [0.717, 1.165) is 5.69 Å². The second-order valence-electron chi connectivity index (χ2n) is 6.03. The summed E-state index contributed by atoms with van der Waals surface area (Å²) < 4.78 is 42.0. The monoisotopic (exact) mass is 362 g/mol. The molecule has 2 N–H and O–H groups in total. The van der Waals surface area contributed by atoms with Crippen LogP contribution in [0.3, 0.4) is 0 Å². The Balaban J connectivity index is 1.87. The van der Waals surface area contributed by atoms with Crippen LogP contribution in [0.15, 0.2) is 10.6 Å². The van der Waals surface area contributed by atoms with Gasteiger partial charge in [-0.15, -0.1) is 0 Å². The van der Waals surface area contributed by atoms with Gasteiger partial charge in [-0.2, -0.15) is 0 Å². The summed E-state index contributed by atoms with van der Waals surface area (Å²) in [7, 11) is -1.73. The molecule has 1 saturated heterocycles. The number of nitrogens with one attached hydrogen (secondary N) is 1. The van der Waals surface area contributed by atoms with Crippen LogP contribution in [0.25, 0.3) is 0 Å². The average molecular weight is 362 g/mol. The van der Waals surface area contributed by atoms with Crippen molar-refractivity contribution in [2.24, 2.45) is 0 Å². The molecule has 1 aromatic heterocycles. The van der Waals surface area contributed by atoms with E-state index in [1.807, 2.05) is 6.07 Å². The van der Waals surface area contributed by atoms with Crippen molar-refractivity contribution in [3.8, 4) is 0 Å². The fourth-order valence-electron chi connectivity index (χ4n) is 2.73. The molecule has 2 heterocycles. The quantitative estimate of drug-likeness (QED) is 0.662. The van der Waals surface area contributed by atoms with Gasteiger partial charge in [0.2, 0.25) is 10.0 Å². The lowest BCUT2D eigenvalue weighted by Gasteiger charge is -2.33. The van der Waals surface area contributed by atoms with E-state index in [1.54, 1.807) is 14.0 Å². The van der Waals surface area contributed by atoms with Crippen LogP contribution in [0.5, 0.6) is 0 Å². The Morgan fingerprint density at radius 2 is 2.25 bits per heavy atom. The fraction of sp³-hybridized carbons (Fsp3) is 0.800. The molecule has 2 rings (SSSR count). The van der Waals surface area contributed by atoms with Crippen LogP contribution in [0.4, 0.5) is 0 Å². The number of hydrogen-bond donors (Lipinski definition) is 2. The molecule has 0 saturated carbocycles. The molecule has 1 aliphatic rings. The van der Waals surface area contributed by atoms with E-state index in [-0.39, 0.29) is 18.4 Å². The summed E-state index contributed by atoms with van der Waals surface area (Å²) >= 11 is 0. The Hall–Kier alpha value is -1.00. The number of hydrogen-bond acceptors (Lipinski definition) is 7. The normalized spacial score (nSPS) is 25.0. The first-order chi connectivity index (χ1) is 11.4. The second-order valence-corrected chi connectivity index (χ2v) is 7.96. The molecule has 0 amide bonds. The highest BCUT2D eigenvalue weighted by molar-refractivity contribution is 7.89. The summed E-state index contributed by atoms with van der Waals surface area (Å²) in [5.74, 6) is 0.715. The van der Waals surface area contributed by atoms with Gasteiger partial charge in [-0.05, 0) is 19.3 Å². The zero-order chi connectivity index (χ0) is 17.6. The van der Waals surface area contributed by atoms with E-state index in [4.69, 9.17) is 14.0 Å². The molecule has 0 radical (unpaired) electrons. The Kier molecular flexibility index (Phi) is 7.17. The van der Waals surface area contributed by atoms with Crippen molar-refractivity contribution >= 4 is 10.0 Å². The van der Waals surface area contributed by atoms with Gasteiger partial charge >= 0.3 is 0 Å². The van der Waals surface area contributed by atoms with E-state index in [1.165, 1.54) is 0 Å².